The smallest absolute Gasteiger partial charge is 0.265 e. The molecule has 0 saturated carbocycles. The summed E-state index contributed by atoms with van der Waals surface area (Å²) in [4.78, 5) is 13.0. The molecule has 1 amide bonds. The summed E-state index contributed by atoms with van der Waals surface area (Å²) in [6, 6.07) is 0.109. The number of rotatable bonds is 4. The van der Waals surface area contributed by atoms with E-state index in [0.717, 1.165) is 61.1 Å². The highest BCUT2D eigenvalue weighted by molar-refractivity contribution is 7.08. The lowest BCUT2D eigenvalue weighted by Crippen LogP contribution is -2.41. The van der Waals surface area contributed by atoms with E-state index in [2.05, 4.69) is 36.6 Å². The third kappa shape index (κ3) is 2.67. The summed E-state index contributed by atoms with van der Waals surface area (Å²) < 4.78 is 5.99. The Hall–Kier alpha value is -1.83. The molecule has 3 heterocycles. The Bertz CT molecular complexity index is 635. The van der Waals surface area contributed by atoms with Gasteiger partial charge in [-0.2, -0.15) is 0 Å². The predicted octanol–water partition coefficient (Wildman–Crippen LogP) is 0.999. The van der Waals surface area contributed by atoms with Crippen molar-refractivity contribution < 1.29 is 4.79 Å². The molecule has 7 nitrogen and oxygen atoms in total. The van der Waals surface area contributed by atoms with Gasteiger partial charge in [0.05, 0.1) is 5.69 Å². The van der Waals surface area contributed by atoms with Crippen molar-refractivity contribution in [1.29, 1.82) is 0 Å². The number of nitrogens with zero attached hydrogens (tertiary/aromatic N) is 5. The minimum Gasteiger partial charge on any atom is -0.347 e. The molecular formula is C13H18N6OS. The highest BCUT2D eigenvalue weighted by Crippen LogP contribution is 2.17. The van der Waals surface area contributed by atoms with Gasteiger partial charge in [-0.3, -0.25) is 4.79 Å². The van der Waals surface area contributed by atoms with Gasteiger partial charge in [0.2, 0.25) is 0 Å². The molecule has 1 N–H and O–H groups in total. The fourth-order valence-corrected chi connectivity index (χ4v) is 3.28. The summed E-state index contributed by atoms with van der Waals surface area (Å²) in [5.74, 6) is 1.94. The second-order valence-electron chi connectivity index (χ2n) is 5.11. The van der Waals surface area contributed by atoms with Gasteiger partial charge >= 0.3 is 0 Å². The minimum atomic E-state index is -0.0681. The third-order valence-electron chi connectivity index (χ3n) is 3.77. The maximum Gasteiger partial charge on any atom is 0.265 e. The normalized spacial score (nSPS) is 17.5. The molecule has 1 aliphatic rings. The van der Waals surface area contributed by atoms with E-state index in [9.17, 15) is 4.79 Å². The molecule has 0 saturated heterocycles. The second-order valence-corrected chi connectivity index (χ2v) is 5.86. The van der Waals surface area contributed by atoms with Crippen molar-refractivity contribution >= 4 is 17.4 Å². The molecule has 1 aliphatic heterocycles. The minimum absolute atomic E-state index is 0.0681. The quantitative estimate of drug-likeness (QED) is 0.910. The van der Waals surface area contributed by atoms with Crippen LogP contribution in [0, 0.1) is 0 Å². The van der Waals surface area contributed by atoms with E-state index in [1.807, 2.05) is 6.92 Å². The molecule has 0 fully saturated rings. The third-order valence-corrected chi connectivity index (χ3v) is 4.54. The highest BCUT2D eigenvalue weighted by atomic mass is 32.1. The van der Waals surface area contributed by atoms with E-state index in [-0.39, 0.29) is 11.9 Å². The number of carbonyl (C=O) groups is 1. The predicted molar refractivity (Wildman–Crippen MR) is 78.3 cm³/mol. The molecule has 112 valence electrons. The van der Waals surface area contributed by atoms with Gasteiger partial charge in [-0.1, -0.05) is 18.3 Å². The summed E-state index contributed by atoms with van der Waals surface area (Å²) in [7, 11) is 0. The van der Waals surface area contributed by atoms with Gasteiger partial charge in [0.25, 0.3) is 5.91 Å². The Balaban J connectivity index is 1.71. The van der Waals surface area contributed by atoms with Crippen LogP contribution in [0.2, 0.25) is 0 Å². The summed E-state index contributed by atoms with van der Waals surface area (Å²) in [5, 5.41) is 15.5. The number of aromatic nitrogens is 5. The Kier molecular flexibility index (Phi) is 3.96. The van der Waals surface area contributed by atoms with Crippen molar-refractivity contribution in [3.8, 4) is 0 Å². The number of hydrogen-bond acceptors (Lipinski definition) is 6. The van der Waals surface area contributed by atoms with Crippen molar-refractivity contribution in [2.75, 3.05) is 0 Å². The number of fused-ring (bicyclic) bond motifs is 1. The molecule has 1 unspecified atom stereocenters. The fraction of sp³-hybridized carbons (Fsp3) is 0.615. The number of nitrogens with one attached hydrogen (secondary N) is 1. The average molecular weight is 306 g/mol. The van der Waals surface area contributed by atoms with Gasteiger partial charge in [-0.05, 0) is 24.4 Å². The van der Waals surface area contributed by atoms with Crippen LogP contribution >= 0.6 is 11.5 Å². The van der Waals surface area contributed by atoms with Crippen LogP contribution in [0.5, 0.6) is 0 Å². The molecule has 2 aromatic heterocycles. The zero-order valence-corrected chi connectivity index (χ0v) is 13.0. The first-order valence-electron chi connectivity index (χ1n) is 7.26. The van der Waals surface area contributed by atoms with Crippen LogP contribution in [0.4, 0.5) is 0 Å². The Morgan fingerprint density at radius 1 is 1.33 bits per heavy atom. The monoisotopic (exact) mass is 306 g/mol. The van der Waals surface area contributed by atoms with E-state index < -0.39 is 0 Å². The summed E-state index contributed by atoms with van der Waals surface area (Å²) in [6.07, 6.45) is 3.31. The van der Waals surface area contributed by atoms with Gasteiger partial charge in [0, 0.05) is 25.4 Å². The lowest BCUT2D eigenvalue weighted by molar-refractivity contribution is 0.0930. The fourth-order valence-electron chi connectivity index (χ4n) is 2.63. The summed E-state index contributed by atoms with van der Waals surface area (Å²) >= 11 is 1.16. The average Bonchev–Trinajstić information content (AvgIpc) is 3.13. The van der Waals surface area contributed by atoms with Crippen LogP contribution < -0.4 is 5.32 Å². The van der Waals surface area contributed by atoms with Crippen molar-refractivity contribution in [3.63, 3.8) is 0 Å². The van der Waals surface area contributed by atoms with Crippen molar-refractivity contribution in [3.05, 3.63) is 22.2 Å². The molecule has 0 aliphatic carbocycles. The molecule has 3 rings (SSSR count). The van der Waals surface area contributed by atoms with Crippen LogP contribution in [0.1, 0.15) is 47.3 Å². The van der Waals surface area contributed by atoms with Crippen LogP contribution in [0.3, 0.4) is 0 Å². The number of amides is 1. The molecule has 0 spiro atoms. The molecule has 8 heteroatoms. The maximum atomic E-state index is 12.3. The van der Waals surface area contributed by atoms with Crippen LogP contribution in [0.15, 0.2) is 0 Å². The summed E-state index contributed by atoms with van der Waals surface area (Å²) in [5.41, 5.74) is 0.771. The Morgan fingerprint density at radius 3 is 2.95 bits per heavy atom. The lowest BCUT2D eigenvalue weighted by Gasteiger charge is -2.25. The van der Waals surface area contributed by atoms with Crippen LogP contribution in [-0.2, 0) is 25.8 Å². The van der Waals surface area contributed by atoms with Crippen molar-refractivity contribution in [1.82, 2.24) is 29.7 Å². The van der Waals surface area contributed by atoms with E-state index in [4.69, 9.17) is 0 Å². The van der Waals surface area contributed by atoms with E-state index in [1.54, 1.807) is 0 Å². The van der Waals surface area contributed by atoms with Gasteiger partial charge in [0.1, 0.15) is 16.5 Å². The van der Waals surface area contributed by atoms with Gasteiger partial charge in [0.15, 0.2) is 0 Å². The SMILES string of the molecule is CCc1nnsc1C(=O)NC1CCc2nnc(CC)n2C1. The number of hydrogen-bond donors (Lipinski definition) is 1. The standard InChI is InChI=1S/C13H18N6OS/c1-3-9-12(21-18-15-9)13(20)14-8-5-6-11-17-16-10(4-2)19(11)7-8/h8H,3-7H2,1-2H3,(H,14,20). The van der Waals surface area contributed by atoms with Crippen molar-refractivity contribution in [2.45, 2.75) is 52.1 Å². The topological polar surface area (TPSA) is 85.6 Å². The molecular weight excluding hydrogens is 288 g/mol. The summed E-state index contributed by atoms with van der Waals surface area (Å²) in [6.45, 7) is 4.78. The van der Waals surface area contributed by atoms with E-state index >= 15 is 0 Å². The van der Waals surface area contributed by atoms with Gasteiger partial charge in [-0.25, -0.2) is 0 Å². The number of aryl methyl sites for hydroxylation is 3. The Morgan fingerprint density at radius 2 is 2.19 bits per heavy atom. The van der Waals surface area contributed by atoms with E-state index in [1.165, 1.54) is 0 Å². The molecule has 1 atom stereocenters. The molecule has 2 aromatic rings. The van der Waals surface area contributed by atoms with Crippen LogP contribution in [0.25, 0.3) is 0 Å². The number of carbonyl (C=O) groups excluding carboxylic acids is 1. The largest absolute Gasteiger partial charge is 0.347 e. The molecule has 21 heavy (non-hydrogen) atoms. The zero-order valence-electron chi connectivity index (χ0n) is 12.2. The van der Waals surface area contributed by atoms with Crippen molar-refractivity contribution in [2.24, 2.45) is 0 Å². The maximum absolute atomic E-state index is 12.3. The molecule has 0 bridgehead atoms. The van der Waals surface area contributed by atoms with Gasteiger partial charge < -0.3 is 9.88 Å². The van der Waals surface area contributed by atoms with Gasteiger partial charge in [-0.15, -0.1) is 15.3 Å². The first-order chi connectivity index (χ1) is 10.2. The Labute approximate surface area is 126 Å². The molecule has 0 aromatic carbocycles. The first kappa shape index (κ1) is 14.1. The molecule has 0 radical (unpaired) electrons. The first-order valence-corrected chi connectivity index (χ1v) is 8.03. The lowest BCUT2D eigenvalue weighted by atomic mass is 10.1. The zero-order chi connectivity index (χ0) is 14.8. The second kappa shape index (κ2) is 5.88. The highest BCUT2D eigenvalue weighted by Gasteiger charge is 2.25. The van der Waals surface area contributed by atoms with Crippen LogP contribution in [-0.4, -0.2) is 36.3 Å². The van der Waals surface area contributed by atoms with E-state index in [0.29, 0.717) is 4.88 Å².